The van der Waals surface area contributed by atoms with E-state index in [1.54, 1.807) is 29.2 Å². The summed E-state index contributed by atoms with van der Waals surface area (Å²) >= 11 is 0. The molecule has 4 aromatic rings. The summed E-state index contributed by atoms with van der Waals surface area (Å²) in [5, 5.41) is 2.90. The number of nitrogens with zero attached hydrogens (tertiary/aromatic N) is 5. The molecule has 4 rings (SSSR count). The molecule has 0 fully saturated rings. The van der Waals surface area contributed by atoms with Crippen LogP contribution >= 0.6 is 0 Å². The molecule has 6 nitrogen and oxygen atoms in total. The van der Waals surface area contributed by atoms with Crippen molar-refractivity contribution in [1.82, 2.24) is 24.3 Å². The normalized spacial score (nSPS) is 11.7. The molecule has 0 aliphatic rings. The second-order valence-electron chi connectivity index (χ2n) is 5.44. The quantitative estimate of drug-likeness (QED) is 0.602. The van der Waals surface area contributed by atoms with E-state index >= 15 is 0 Å². The van der Waals surface area contributed by atoms with Crippen LogP contribution in [0, 0.1) is 0 Å². The van der Waals surface area contributed by atoms with Gasteiger partial charge in [0.25, 0.3) is 0 Å². The van der Waals surface area contributed by atoms with Crippen LogP contribution in [0.2, 0.25) is 0 Å². The molecular weight excluding hydrogens is 345 g/mol. The first-order chi connectivity index (χ1) is 12.5. The molecule has 0 radical (unpaired) electrons. The van der Waals surface area contributed by atoms with E-state index in [1.165, 1.54) is 24.7 Å². The molecule has 26 heavy (non-hydrogen) atoms. The van der Waals surface area contributed by atoms with Crippen molar-refractivity contribution in [3.63, 3.8) is 0 Å². The summed E-state index contributed by atoms with van der Waals surface area (Å²) in [5.74, 6) is 0.343. The van der Waals surface area contributed by atoms with Crippen LogP contribution in [0.5, 0.6) is 0 Å². The summed E-state index contributed by atoms with van der Waals surface area (Å²) in [6.07, 6.45) is 5.19. The molecule has 0 aliphatic carbocycles. The molecule has 0 saturated carbocycles. The highest BCUT2D eigenvalue weighted by Crippen LogP contribution is 2.32. The fourth-order valence-electron chi connectivity index (χ4n) is 2.56. The number of alkyl halides is 3. The van der Waals surface area contributed by atoms with Gasteiger partial charge in [0.2, 0.25) is 0 Å². The number of imidazole rings is 1. The first-order valence-corrected chi connectivity index (χ1v) is 7.54. The van der Waals surface area contributed by atoms with Gasteiger partial charge in [-0.05, 0) is 18.2 Å². The smallest absolute Gasteiger partial charge is 0.337 e. The van der Waals surface area contributed by atoms with Crippen LogP contribution in [0.3, 0.4) is 0 Å². The topological polar surface area (TPSA) is 68.0 Å². The zero-order chi connectivity index (χ0) is 18.1. The van der Waals surface area contributed by atoms with Crippen LogP contribution < -0.4 is 5.32 Å². The van der Waals surface area contributed by atoms with Crippen LogP contribution in [0.4, 0.5) is 24.7 Å². The average molecular weight is 356 g/mol. The van der Waals surface area contributed by atoms with E-state index in [-0.39, 0.29) is 5.69 Å². The van der Waals surface area contributed by atoms with E-state index in [0.717, 1.165) is 23.4 Å². The Morgan fingerprint density at radius 1 is 1.00 bits per heavy atom. The van der Waals surface area contributed by atoms with Crippen molar-refractivity contribution in [2.24, 2.45) is 0 Å². The third-order valence-corrected chi connectivity index (χ3v) is 3.74. The second-order valence-corrected chi connectivity index (χ2v) is 5.44. The summed E-state index contributed by atoms with van der Waals surface area (Å²) in [6, 6.07) is 4.92. The highest BCUT2D eigenvalue weighted by molar-refractivity contribution is 5.73. The van der Waals surface area contributed by atoms with Crippen LogP contribution in [-0.2, 0) is 6.18 Å². The molecule has 1 N–H and O–H groups in total. The number of hydrogen-bond acceptors (Lipinski definition) is 5. The highest BCUT2D eigenvalue weighted by Gasteiger charge is 2.30. The summed E-state index contributed by atoms with van der Waals surface area (Å²) in [5.41, 5.74) is 1.52. The highest BCUT2D eigenvalue weighted by atomic mass is 19.4. The summed E-state index contributed by atoms with van der Waals surface area (Å²) in [6.45, 7) is 0. The lowest BCUT2D eigenvalue weighted by atomic mass is 10.2. The Balaban J connectivity index is 1.74. The minimum atomic E-state index is -4.41. The number of anilines is 2. The predicted molar refractivity (Wildman–Crippen MR) is 88.7 cm³/mol. The molecule has 0 bridgehead atoms. The maximum absolute atomic E-state index is 12.9. The molecule has 3 aromatic heterocycles. The standard InChI is InChI=1S/C17H11F3N6/c18-17(19,20)12-2-1-3-13(6-12)25-15-16-24-9-14(26(16)5-4-23-15)11-7-21-10-22-8-11/h1-10H,(H,23,25). The van der Waals surface area contributed by atoms with Crippen LogP contribution in [0.15, 0.2) is 61.6 Å². The summed E-state index contributed by atoms with van der Waals surface area (Å²) in [7, 11) is 0. The van der Waals surface area contributed by atoms with Gasteiger partial charge in [-0.1, -0.05) is 6.07 Å². The minimum absolute atomic E-state index is 0.271. The van der Waals surface area contributed by atoms with Crippen molar-refractivity contribution in [3.8, 4) is 11.3 Å². The number of nitrogens with one attached hydrogen (secondary N) is 1. The molecule has 0 aliphatic heterocycles. The van der Waals surface area contributed by atoms with Crippen molar-refractivity contribution in [3.05, 3.63) is 67.1 Å². The van der Waals surface area contributed by atoms with E-state index in [2.05, 4.69) is 25.3 Å². The molecule has 0 spiro atoms. The van der Waals surface area contributed by atoms with E-state index in [9.17, 15) is 13.2 Å². The molecule has 0 unspecified atom stereocenters. The number of fused-ring (bicyclic) bond motifs is 1. The second kappa shape index (κ2) is 6.10. The molecule has 0 atom stereocenters. The average Bonchev–Trinajstić information content (AvgIpc) is 3.07. The van der Waals surface area contributed by atoms with E-state index in [0.29, 0.717) is 11.5 Å². The Kier molecular flexibility index (Phi) is 3.76. The molecule has 3 heterocycles. The number of aromatic nitrogens is 5. The predicted octanol–water partition coefficient (Wildman–Crippen LogP) is 3.95. The van der Waals surface area contributed by atoms with Crippen LogP contribution in [0.1, 0.15) is 5.56 Å². The fraction of sp³-hybridized carbons (Fsp3) is 0.0588. The number of hydrogen-bond donors (Lipinski definition) is 1. The van der Waals surface area contributed by atoms with E-state index in [4.69, 9.17) is 0 Å². The first kappa shape index (κ1) is 16.0. The molecule has 130 valence electrons. The zero-order valence-corrected chi connectivity index (χ0v) is 13.1. The van der Waals surface area contributed by atoms with Crippen LogP contribution in [-0.4, -0.2) is 24.3 Å². The van der Waals surface area contributed by atoms with Gasteiger partial charge in [-0.25, -0.2) is 19.9 Å². The van der Waals surface area contributed by atoms with Gasteiger partial charge in [-0.15, -0.1) is 0 Å². The Morgan fingerprint density at radius 2 is 1.81 bits per heavy atom. The van der Waals surface area contributed by atoms with Gasteiger partial charge in [0.05, 0.1) is 17.5 Å². The van der Waals surface area contributed by atoms with Crippen molar-refractivity contribution in [1.29, 1.82) is 0 Å². The molecular formula is C17H11F3N6. The van der Waals surface area contributed by atoms with Gasteiger partial charge in [0, 0.05) is 36.0 Å². The number of rotatable bonds is 3. The molecule has 1 aromatic carbocycles. The summed E-state index contributed by atoms with van der Waals surface area (Å²) in [4.78, 5) is 16.5. The molecule has 9 heteroatoms. The lowest BCUT2D eigenvalue weighted by Crippen LogP contribution is -2.05. The maximum Gasteiger partial charge on any atom is 0.416 e. The van der Waals surface area contributed by atoms with Gasteiger partial charge in [0.15, 0.2) is 11.5 Å². The van der Waals surface area contributed by atoms with Gasteiger partial charge < -0.3 is 5.32 Å². The van der Waals surface area contributed by atoms with Gasteiger partial charge >= 0.3 is 6.18 Å². The minimum Gasteiger partial charge on any atom is -0.337 e. The Hall–Kier alpha value is -3.49. The summed E-state index contributed by atoms with van der Waals surface area (Å²) < 4.78 is 40.4. The molecule has 0 saturated heterocycles. The third-order valence-electron chi connectivity index (χ3n) is 3.74. The van der Waals surface area contributed by atoms with Gasteiger partial charge in [0.1, 0.15) is 6.33 Å². The van der Waals surface area contributed by atoms with Crippen molar-refractivity contribution in [2.45, 2.75) is 6.18 Å². The Morgan fingerprint density at radius 3 is 2.58 bits per heavy atom. The number of benzene rings is 1. The van der Waals surface area contributed by atoms with Crippen molar-refractivity contribution in [2.75, 3.05) is 5.32 Å². The lowest BCUT2D eigenvalue weighted by Gasteiger charge is -2.11. The Bertz CT molecular complexity index is 1060. The third kappa shape index (κ3) is 2.94. The monoisotopic (exact) mass is 356 g/mol. The van der Waals surface area contributed by atoms with E-state index < -0.39 is 11.7 Å². The SMILES string of the molecule is FC(F)(F)c1cccc(Nc2nccn3c(-c4cncnc4)cnc23)c1. The van der Waals surface area contributed by atoms with Crippen molar-refractivity contribution >= 4 is 17.2 Å². The van der Waals surface area contributed by atoms with Gasteiger partial charge in [-0.3, -0.25) is 4.40 Å². The van der Waals surface area contributed by atoms with Crippen LogP contribution in [0.25, 0.3) is 16.9 Å². The van der Waals surface area contributed by atoms with E-state index in [1.807, 2.05) is 0 Å². The lowest BCUT2D eigenvalue weighted by molar-refractivity contribution is -0.137. The first-order valence-electron chi connectivity index (χ1n) is 7.54. The fourth-order valence-corrected chi connectivity index (χ4v) is 2.56. The maximum atomic E-state index is 12.9. The zero-order valence-electron chi connectivity index (χ0n) is 13.1. The van der Waals surface area contributed by atoms with Crippen molar-refractivity contribution < 1.29 is 13.2 Å². The Labute approximate surface area is 145 Å². The number of halogens is 3. The molecule has 0 amide bonds. The van der Waals surface area contributed by atoms with Gasteiger partial charge in [-0.2, -0.15) is 13.2 Å². The largest absolute Gasteiger partial charge is 0.416 e.